The molecule has 1 fully saturated rings. The third kappa shape index (κ3) is 1.91. The number of rotatable bonds is 0. The van der Waals surface area contributed by atoms with Crippen LogP contribution in [0.1, 0.15) is 6.42 Å². The fraction of sp³-hybridized carbons (Fsp3) is 1.00. The molecule has 0 N–H and O–H groups in total. The van der Waals surface area contributed by atoms with E-state index in [0.29, 0.717) is 0 Å². The van der Waals surface area contributed by atoms with Crippen LogP contribution in [0.2, 0.25) is 0 Å². The lowest BCUT2D eigenvalue weighted by molar-refractivity contribution is 0.565. The minimum atomic E-state index is -0.631. The molecule has 0 aromatic rings. The first-order valence-corrected chi connectivity index (χ1v) is 4.36. The van der Waals surface area contributed by atoms with Crippen LogP contribution in [-0.4, -0.2) is 16.3 Å². The van der Waals surface area contributed by atoms with E-state index in [1.807, 2.05) is 0 Å². The van der Waals surface area contributed by atoms with Crippen molar-refractivity contribution >= 4 is 23.5 Å². The summed E-state index contributed by atoms with van der Waals surface area (Å²) in [5.41, 5.74) is 0. The van der Waals surface area contributed by atoms with Gasteiger partial charge in [0.25, 0.3) is 0 Å². The number of alkyl halides is 1. The summed E-state index contributed by atoms with van der Waals surface area (Å²) >= 11 is 2.83. The second kappa shape index (κ2) is 2.82. The first-order valence-electron chi connectivity index (χ1n) is 2.27. The van der Waals surface area contributed by atoms with Crippen molar-refractivity contribution in [3.63, 3.8) is 0 Å². The van der Waals surface area contributed by atoms with Crippen molar-refractivity contribution in [2.75, 3.05) is 11.5 Å². The second-order valence-corrected chi connectivity index (χ2v) is 3.98. The minimum Gasteiger partial charge on any atom is -0.223 e. The molecular formula is C4H7FS2. The summed E-state index contributed by atoms with van der Waals surface area (Å²) in [6.07, 6.45) is 1.18. The molecular weight excluding hydrogens is 131 g/mol. The summed E-state index contributed by atoms with van der Waals surface area (Å²) in [6, 6.07) is 0. The van der Waals surface area contributed by atoms with Gasteiger partial charge in [-0.2, -0.15) is 0 Å². The number of hydrogen-bond acceptors (Lipinski definition) is 2. The molecule has 1 aliphatic rings. The normalized spacial score (nSPS) is 25.3. The Hall–Kier alpha value is 0.630. The fourth-order valence-electron chi connectivity index (χ4n) is 0.459. The summed E-state index contributed by atoms with van der Waals surface area (Å²) in [7, 11) is 0. The molecule has 7 heavy (non-hydrogen) atoms. The van der Waals surface area contributed by atoms with Gasteiger partial charge in [-0.05, 0) is 17.9 Å². The van der Waals surface area contributed by atoms with E-state index >= 15 is 0 Å². The molecule has 0 amide bonds. The van der Waals surface area contributed by atoms with Crippen molar-refractivity contribution < 1.29 is 4.39 Å². The predicted molar refractivity (Wildman–Crippen MR) is 34.4 cm³/mol. The highest BCUT2D eigenvalue weighted by atomic mass is 32.2. The Kier molecular flexibility index (Phi) is 2.32. The van der Waals surface area contributed by atoms with Gasteiger partial charge in [0.05, 0.1) is 0 Å². The number of thioether (sulfide) groups is 2. The van der Waals surface area contributed by atoms with E-state index in [9.17, 15) is 4.39 Å². The van der Waals surface area contributed by atoms with Crippen LogP contribution in [0.15, 0.2) is 0 Å². The molecule has 0 spiro atoms. The summed E-state index contributed by atoms with van der Waals surface area (Å²) in [5, 5.41) is 0. The lowest BCUT2D eigenvalue weighted by Gasteiger charge is -2.11. The van der Waals surface area contributed by atoms with E-state index in [0.717, 1.165) is 11.5 Å². The van der Waals surface area contributed by atoms with E-state index in [4.69, 9.17) is 0 Å². The Morgan fingerprint density at radius 3 is 2.14 bits per heavy atom. The molecule has 0 saturated carbocycles. The van der Waals surface area contributed by atoms with Gasteiger partial charge in [-0.25, -0.2) is 4.39 Å². The molecule has 1 rings (SSSR count). The van der Waals surface area contributed by atoms with Gasteiger partial charge in [-0.3, -0.25) is 0 Å². The molecule has 0 bridgehead atoms. The molecule has 0 aromatic carbocycles. The van der Waals surface area contributed by atoms with Gasteiger partial charge in [0.15, 0.2) is 4.84 Å². The van der Waals surface area contributed by atoms with Crippen molar-refractivity contribution in [1.29, 1.82) is 0 Å². The molecule has 1 aliphatic heterocycles. The highest BCUT2D eigenvalue weighted by molar-refractivity contribution is 8.17. The van der Waals surface area contributed by atoms with Crippen LogP contribution < -0.4 is 0 Å². The molecule has 0 aromatic heterocycles. The maximum atomic E-state index is 12.1. The average molecular weight is 138 g/mol. The lowest BCUT2D eigenvalue weighted by atomic mass is 10.6. The summed E-state index contributed by atoms with van der Waals surface area (Å²) in [4.78, 5) is -0.631. The first kappa shape index (κ1) is 5.76. The Morgan fingerprint density at radius 1 is 1.29 bits per heavy atom. The molecule has 0 radical (unpaired) electrons. The van der Waals surface area contributed by atoms with Crippen molar-refractivity contribution in [2.24, 2.45) is 0 Å². The molecule has 0 nitrogen and oxygen atoms in total. The SMILES string of the molecule is FC1SCCCS1. The van der Waals surface area contributed by atoms with E-state index in [2.05, 4.69) is 0 Å². The van der Waals surface area contributed by atoms with Gasteiger partial charge in [0.1, 0.15) is 0 Å². The van der Waals surface area contributed by atoms with Gasteiger partial charge in [-0.1, -0.05) is 0 Å². The molecule has 3 heteroatoms. The van der Waals surface area contributed by atoms with Gasteiger partial charge in [-0.15, -0.1) is 23.5 Å². The van der Waals surface area contributed by atoms with Crippen LogP contribution >= 0.6 is 23.5 Å². The highest BCUT2D eigenvalue weighted by Gasteiger charge is 2.10. The highest BCUT2D eigenvalue weighted by Crippen LogP contribution is 2.30. The first-order chi connectivity index (χ1) is 3.39. The third-order valence-electron chi connectivity index (χ3n) is 0.786. The molecule has 1 saturated heterocycles. The van der Waals surface area contributed by atoms with Gasteiger partial charge >= 0.3 is 0 Å². The predicted octanol–water partition coefficient (Wildman–Crippen LogP) is 2.11. The zero-order valence-corrected chi connectivity index (χ0v) is 5.53. The maximum absolute atomic E-state index is 12.1. The van der Waals surface area contributed by atoms with Crippen LogP contribution in [-0.2, 0) is 0 Å². The average Bonchev–Trinajstić information content (AvgIpc) is 1.69. The molecule has 0 unspecified atom stereocenters. The smallest absolute Gasteiger partial charge is 0.192 e. The molecule has 1 heterocycles. The van der Waals surface area contributed by atoms with Crippen LogP contribution in [0.5, 0.6) is 0 Å². The molecule has 0 atom stereocenters. The summed E-state index contributed by atoms with van der Waals surface area (Å²) in [5.74, 6) is 2.02. The van der Waals surface area contributed by atoms with Crippen LogP contribution in [0.4, 0.5) is 4.39 Å². The van der Waals surface area contributed by atoms with E-state index in [1.165, 1.54) is 29.9 Å². The number of hydrogen-bond donors (Lipinski definition) is 0. The standard InChI is InChI=1S/C4H7FS2/c5-4-6-2-1-3-7-4/h4H,1-3H2. The van der Waals surface area contributed by atoms with Crippen LogP contribution in [0.3, 0.4) is 0 Å². The largest absolute Gasteiger partial charge is 0.223 e. The summed E-state index contributed by atoms with van der Waals surface area (Å²) in [6.45, 7) is 0. The zero-order chi connectivity index (χ0) is 5.11. The molecule has 42 valence electrons. The minimum absolute atomic E-state index is 0.631. The van der Waals surface area contributed by atoms with E-state index in [1.54, 1.807) is 0 Å². The fourth-order valence-corrected chi connectivity index (χ4v) is 2.60. The van der Waals surface area contributed by atoms with Crippen LogP contribution in [0, 0.1) is 0 Å². The van der Waals surface area contributed by atoms with Gasteiger partial charge in [0, 0.05) is 0 Å². The van der Waals surface area contributed by atoms with Crippen LogP contribution in [0.25, 0.3) is 0 Å². The van der Waals surface area contributed by atoms with Crippen molar-refractivity contribution in [2.45, 2.75) is 11.3 Å². The lowest BCUT2D eigenvalue weighted by Crippen LogP contribution is -1.99. The monoisotopic (exact) mass is 138 g/mol. The number of halogens is 1. The Balaban J connectivity index is 2.12. The summed E-state index contributed by atoms with van der Waals surface area (Å²) < 4.78 is 12.1. The maximum Gasteiger partial charge on any atom is 0.192 e. The quantitative estimate of drug-likeness (QED) is 0.503. The van der Waals surface area contributed by atoms with Gasteiger partial charge < -0.3 is 0 Å². The van der Waals surface area contributed by atoms with E-state index < -0.39 is 4.84 Å². The van der Waals surface area contributed by atoms with E-state index in [-0.39, 0.29) is 0 Å². The van der Waals surface area contributed by atoms with Gasteiger partial charge in [0.2, 0.25) is 0 Å². The zero-order valence-electron chi connectivity index (χ0n) is 3.89. The Morgan fingerprint density at radius 2 is 1.86 bits per heavy atom. The Bertz CT molecular complexity index is 51.7. The van der Waals surface area contributed by atoms with Crippen molar-refractivity contribution in [3.05, 3.63) is 0 Å². The topological polar surface area (TPSA) is 0 Å². The molecule has 0 aliphatic carbocycles. The second-order valence-electron chi connectivity index (χ2n) is 1.37. The Labute approximate surface area is 51.2 Å². The third-order valence-corrected chi connectivity index (χ3v) is 3.18. The van der Waals surface area contributed by atoms with Crippen molar-refractivity contribution in [1.82, 2.24) is 0 Å². The van der Waals surface area contributed by atoms with Crippen molar-refractivity contribution in [3.8, 4) is 0 Å².